The highest BCUT2D eigenvalue weighted by Crippen LogP contribution is 2.80. The van der Waals surface area contributed by atoms with Crippen LogP contribution in [-0.4, -0.2) is 22.8 Å². The van der Waals surface area contributed by atoms with Gasteiger partial charge in [-0.2, -0.15) is 0 Å². The van der Waals surface area contributed by atoms with E-state index in [1.165, 1.54) is 12.8 Å². The zero-order chi connectivity index (χ0) is 22.4. The molecule has 4 fully saturated rings. The summed E-state index contributed by atoms with van der Waals surface area (Å²) in [7, 11) is 0. The largest absolute Gasteiger partial charge is 0.361 e. The maximum Gasteiger partial charge on any atom is 0.162 e. The van der Waals surface area contributed by atoms with E-state index in [2.05, 4.69) is 53.7 Å². The fourth-order valence-electron chi connectivity index (χ4n) is 8.52. The Morgan fingerprint density at radius 3 is 2.48 bits per heavy atom. The van der Waals surface area contributed by atoms with Gasteiger partial charge >= 0.3 is 0 Å². The molecular formula is C28H40O3. The zero-order valence-electron chi connectivity index (χ0n) is 20.3. The second kappa shape index (κ2) is 6.65. The van der Waals surface area contributed by atoms with Crippen molar-refractivity contribution < 1.29 is 14.3 Å². The lowest BCUT2D eigenvalue weighted by Gasteiger charge is -2.54. The minimum atomic E-state index is -0.285. The molecular weight excluding hydrogens is 384 g/mol. The molecule has 5 aliphatic rings. The van der Waals surface area contributed by atoms with E-state index < -0.39 is 0 Å². The number of ketones is 2. The Hall–Kier alpha value is -1.22. The third-order valence-electron chi connectivity index (χ3n) is 10.8. The van der Waals surface area contributed by atoms with Crippen LogP contribution in [0.2, 0.25) is 0 Å². The van der Waals surface area contributed by atoms with Crippen molar-refractivity contribution in [1.29, 1.82) is 0 Å². The van der Waals surface area contributed by atoms with Crippen molar-refractivity contribution in [3.63, 3.8) is 0 Å². The highest BCUT2D eigenvalue weighted by molar-refractivity contribution is 6.06. The van der Waals surface area contributed by atoms with Gasteiger partial charge in [0, 0.05) is 35.2 Å². The topological polar surface area (TPSA) is 46.7 Å². The Morgan fingerprint density at radius 2 is 1.77 bits per heavy atom. The van der Waals surface area contributed by atoms with E-state index in [0.29, 0.717) is 42.4 Å². The highest BCUT2D eigenvalue weighted by Gasteiger charge is 2.86. The monoisotopic (exact) mass is 424 g/mol. The standard InChI is InChI=1S/C28H40O3/c1-17(2)18(3)7-8-19(4)21-10-14-28-26(21,6)13-11-24-25(5)12-9-20(29)15-22(25)23(30)16-27(24,28)31-28/h7-8,15,17-19,21,24H,9-14,16H2,1-6H3/b8-7+/t18-,19-,21-,24-,25+,26-,27+,28-/m1/s1. The average Bonchev–Trinajstić information content (AvgIpc) is 3.26. The van der Waals surface area contributed by atoms with E-state index in [9.17, 15) is 9.59 Å². The molecule has 0 unspecified atom stereocenters. The van der Waals surface area contributed by atoms with Crippen LogP contribution in [0.3, 0.4) is 0 Å². The molecule has 1 aliphatic heterocycles. The van der Waals surface area contributed by atoms with E-state index in [-0.39, 0.29) is 33.6 Å². The Bertz CT molecular complexity index is 883. The van der Waals surface area contributed by atoms with Crippen molar-refractivity contribution in [2.24, 2.45) is 40.4 Å². The molecule has 4 aliphatic carbocycles. The lowest BCUT2D eigenvalue weighted by Crippen LogP contribution is -2.58. The molecule has 3 heteroatoms. The van der Waals surface area contributed by atoms with Gasteiger partial charge in [-0.15, -0.1) is 0 Å². The highest BCUT2D eigenvalue weighted by atomic mass is 16.6. The normalized spacial score (nSPS) is 48.0. The molecule has 0 N–H and O–H groups in total. The van der Waals surface area contributed by atoms with Crippen LogP contribution < -0.4 is 0 Å². The predicted molar refractivity (Wildman–Crippen MR) is 122 cm³/mol. The predicted octanol–water partition coefficient (Wildman–Crippen LogP) is 6.07. The van der Waals surface area contributed by atoms with Gasteiger partial charge in [0.15, 0.2) is 11.6 Å². The van der Waals surface area contributed by atoms with E-state index in [1.54, 1.807) is 6.08 Å². The first-order valence-corrected chi connectivity index (χ1v) is 12.7. The van der Waals surface area contributed by atoms with Gasteiger partial charge in [-0.1, -0.05) is 53.7 Å². The van der Waals surface area contributed by atoms with E-state index >= 15 is 0 Å². The average molecular weight is 425 g/mol. The Balaban J connectivity index is 1.46. The summed E-state index contributed by atoms with van der Waals surface area (Å²) in [6.07, 6.45) is 13.0. The van der Waals surface area contributed by atoms with Crippen molar-refractivity contribution in [1.82, 2.24) is 0 Å². The van der Waals surface area contributed by atoms with Crippen LogP contribution in [0.5, 0.6) is 0 Å². The molecule has 3 nitrogen and oxygen atoms in total. The van der Waals surface area contributed by atoms with Gasteiger partial charge in [-0.05, 0) is 61.9 Å². The van der Waals surface area contributed by atoms with Crippen LogP contribution in [0.25, 0.3) is 0 Å². The summed E-state index contributed by atoms with van der Waals surface area (Å²) in [6, 6.07) is 0. The van der Waals surface area contributed by atoms with Gasteiger partial charge < -0.3 is 4.74 Å². The first kappa shape index (κ1) is 21.6. The van der Waals surface area contributed by atoms with Crippen molar-refractivity contribution in [3.8, 4) is 0 Å². The molecule has 0 radical (unpaired) electrons. The fourth-order valence-corrected chi connectivity index (χ4v) is 8.52. The minimum Gasteiger partial charge on any atom is -0.361 e. The van der Waals surface area contributed by atoms with Crippen molar-refractivity contribution in [2.75, 3.05) is 0 Å². The Kier molecular flexibility index (Phi) is 4.64. The molecule has 8 atom stereocenters. The lowest BCUT2D eigenvalue weighted by atomic mass is 9.46. The van der Waals surface area contributed by atoms with Crippen molar-refractivity contribution in [3.05, 3.63) is 23.8 Å². The summed E-state index contributed by atoms with van der Waals surface area (Å²) in [5, 5.41) is 0. The Labute approximate surface area is 188 Å². The van der Waals surface area contributed by atoms with Gasteiger partial charge in [-0.25, -0.2) is 0 Å². The molecule has 31 heavy (non-hydrogen) atoms. The molecule has 0 aromatic carbocycles. The van der Waals surface area contributed by atoms with Gasteiger partial charge in [-0.3, -0.25) is 9.59 Å². The van der Waals surface area contributed by atoms with Crippen molar-refractivity contribution >= 4 is 11.6 Å². The molecule has 3 saturated carbocycles. The van der Waals surface area contributed by atoms with Gasteiger partial charge in [0.25, 0.3) is 0 Å². The van der Waals surface area contributed by atoms with Gasteiger partial charge in [0.05, 0.1) is 0 Å². The summed E-state index contributed by atoms with van der Waals surface area (Å²) in [4.78, 5) is 25.4. The van der Waals surface area contributed by atoms with Gasteiger partial charge in [0.2, 0.25) is 0 Å². The smallest absolute Gasteiger partial charge is 0.162 e. The van der Waals surface area contributed by atoms with Crippen LogP contribution in [0, 0.1) is 40.4 Å². The molecule has 0 aromatic heterocycles. The summed E-state index contributed by atoms with van der Waals surface area (Å²) >= 11 is 0. The van der Waals surface area contributed by atoms with E-state index in [0.717, 1.165) is 24.8 Å². The van der Waals surface area contributed by atoms with E-state index in [1.807, 2.05) is 0 Å². The fraction of sp³-hybridized carbons (Fsp3) is 0.786. The number of hydrogen-bond acceptors (Lipinski definition) is 3. The maximum atomic E-state index is 13.3. The molecule has 170 valence electrons. The molecule has 0 amide bonds. The minimum absolute atomic E-state index is 0.126. The number of rotatable bonds is 4. The number of fused-ring (bicyclic) bond motifs is 2. The molecule has 0 bridgehead atoms. The van der Waals surface area contributed by atoms with Gasteiger partial charge in [0.1, 0.15) is 11.2 Å². The number of ether oxygens (including phenoxy) is 1. The second-order valence-corrected chi connectivity index (χ2v) is 12.4. The zero-order valence-corrected chi connectivity index (χ0v) is 20.3. The SMILES string of the molecule is CC(C)[C@H](C)/C=C/[C@@H](C)[C@H]1CC[C@]23O[C@]24CC(=O)C2=CC(=O)CC[C@]2(C)[C@H]4CC[C@]13C. The van der Waals surface area contributed by atoms with E-state index in [4.69, 9.17) is 4.74 Å². The Morgan fingerprint density at radius 1 is 1.03 bits per heavy atom. The van der Waals surface area contributed by atoms with Crippen LogP contribution in [-0.2, 0) is 14.3 Å². The summed E-state index contributed by atoms with van der Waals surface area (Å²) in [5.41, 5.74) is 0.334. The molecule has 2 spiro atoms. The number of hydrogen-bond donors (Lipinski definition) is 0. The van der Waals surface area contributed by atoms with Crippen molar-refractivity contribution in [2.45, 2.75) is 97.7 Å². The van der Waals surface area contributed by atoms with Crippen LogP contribution in [0.4, 0.5) is 0 Å². The van der Waals surface area contributed by atoms with Crippen LogP contribution in [0.15, 0.2) is 23.8 Å². The number of carbonyl (C=O) groups excluding carboxylic acids is 2. The maximum absolute atomic E-state index is 13.3. The molecule has 1 heterocycles. The molecule has 0 aromatic rings. The lowest BCUT2D eigenvalue weighted by molar-refractivity contribution is -0.127. The quantitative estimate of drug-likeness (QED) is 0.406. The molecule has 5 rings (SSSR count). The van der Waals surface area contributed by atoms with Crippen LogP contribution >= 0.6 is 0 Å². The summed E-state index contributed by atoms with van der Waals surface area (Å²) in [6.45, 7) is 14.0. The third kappa shape index (κ3) is 2.62. The summed E-state index contributed by atoms with van der Waals surface area (Å²) in [5.74, 6) is 3.07. The second-order valence-electron chi connectivity index (χ2n) is 12.4. The number of epoxide rings is 1. The third-order valence-corrected chi connectivity index (χ3v) is 10.8. The number of Topliss-reactive ketones (excluding diaryl/α,β-unsaturated/α-hetero) is 1. The molecule has 1 saturated heterocycles. The van der Waals surface area contributed by atoms with Crippen LogP contribution in [0.1, 0.15) is 86.5 Å². The number of allylic oxidation sites excluding steroid dienone is 3. The first-order chi connectivity index (χ1) is 14.5. The first-order valence-electron chi connectivity index (χ1n) is 12.7. The number of carbonyl (C=O) groups is 2. The summed E-state index contributed by atoms with van der Waals surface area (Å²) < 4.78 is 6.88.